The molecule has 3 rings (SSSR count). The monoisotopic (exact) mass is 213 g/mol. The van der Waals surface area contributed by atoms with E-state index in [0.717, 1.165) is 24.4 Å². The Balaban J connectivity index is 2.10. The molecule has 2 heteroatoms. The number of aromatic nitrogens is 1. The van der Waals surface area contributed by atoms with Gasteiger partial charge in [-0.1, -0.05) is 18.2 Å². The Morgan fingerprint density at radius 3 is 2.88 bits per heavy atom. The van der Waals surface area contributed by atoms with Crippen molar-refractivity contribution in [3.8, 4) is 0 Å². The maximum absolute atomic E-state index is 10.7. The zero-order chi connectivity index (χ0) is 11.0. The van der Waals surface area contributed by atoms with Crippen LogP contribution in [-0.4, -0.2) is 10.9 Å². The second-order valence-corrected chi connectivity index (χ2v) is 4.62. The molecule has 0 spiro atoms. The van der Waals surface area contributed by atoms with Crippen LogP contribution in [0.1, 0.15) is 18.5 Å². The van der Waals surface area contributed by atoms with E-state index in [1.54, 1.807) is 0 Å². The Kier molecular flexibility index (Phi) is 2.28. The van der Waals surface area contributed by atoms with Gasteiger partial charge >= 0.3 is 0 Å². The summed E-state index contributed by atoms with van der Waals surface area (Å²) in [6.45, 7) is 1.08. The first-order valence-corrected chi connectivity index (χ1v) is 5.89. The molecule has 82 valence electrons. The molecular weight excluding hydrogens is 198 g/mol. The number of carbonyl (C=O) groups is 1. The summed E-state index contributed by atoms with van der Waals surface area (Å²) in [6, 6.07) is 10.5. The SMILES string of the molecule is O=CCc1cc2ccccc2n1CC1CC1. The van der Waals surface area contributed by atoms with E-state index in [2.05, 4.69) is 34.9 Å². The molecule has 0 radical (unpaired) electrons. The number of benzene rings is 1. The van der Waals surface area contributed by atoms with Crippen LogP contribution in [0, 0.1) is 5.92 Å². The van der Waals surface area contributed by atoms with Crippen molar-refractivity contribution in [1.82, 2.24) is 4.57 Å². The van der Waals surface area contributed by atoms with E-state index in [0.29, 0.717) is 6.42 Å². The molecule has 2 aromatic rings. The molecule has 1 heterocycles. The molecule has 1 fully saturated rings. The molecule has 1 aromatic heterocycles. The Hall–Kier alpha value is -1.57. The number of carbonyl (C=O) groups excluding carboxylic acids is 1. The van der Waals surface area contributed by atoms with Crippen LogP contribution in [0.2, 0.25) is 0 Å². The molecule has 0 saturated heterocycles. The molecule has 0 atom stereocenters. The smallest absolute Gasteiger partial charge is 0.125 e. The molecule has 0 aliphatic heterocycles. The fraction of sp³-hybridized carbons (Fsp3) is 0.357. The summed E-state index contributed by atoms with van der Waals surface area (Å²) in [5.74, 6) is 0.834. The van der Waals surface area contributed by atoms with Crippen molar-refractivity contribution >= 4 is 17.2 Å². The van der Waals surface area contributed by atoms with Crippen molar-refractivity contribution in [2.24, 2.45) is 5.92 Å². The zero-order valence-electron chi connectivity index (χ0n) is 9.23. The first-order chi connectivity index (χ1) is 7.88. The lowest BCUT2D eigenvalue weighted by molar-refractivity contribution is -0.107. The largest absolute Gasteiger partial charge is 0.344 e. The maximum atomic E-state index is 10.7. The standard InChI is InChI=1S/C14H15NO/c16-8-7-13-9-12-3-1-2-4-14(12)15(13)10-11-5-6-11/h1-4,8-9,11H,5-7,10H2. The Bertz CT molecular complexity index is 523. The van der Waals surface area contributed by atoms with E-state index < -0.39 is 0 Å². The fourth-order valence-electron chi connectivity index (χ4n) is 2.30. The topological polar surface area (TPSA) is 22.0 Å². The summed E-state index contributed by atoms with van der Waals surface area (Å²) in [7, 11) is 0. The van der Waals surface area contributed by atoms with Crippen LogP contribution in [0.15, 0.2) is 30.3 Å². The minimum atomic E-state index is 0.529. The predicted octanol–water partition coefficient (Wildman–Crippen LogP) is 2.79. The molecule has 0 bridgehead atoms. The van der Waals surface area contributed by atoms with E-state index in [-0.39, 0.29) is 0 Å². The summed E-state index contributed by atoms with van der Waals surface area (Å²) < 4.78 is 2.32. The van der Waals surface area contributed by atoms with Gasteiger partial charge in [0.15, 0.2) is 0 Å². The van der Waals surface area contributed by atoms with Crippen molar-refractivity contribution in [2.45, 2.75) is 25.8 Å². The molecule has 2 nitrogen and oxygen atoms in total. The number of hydrogen-bond acceptors (Lipinski definition) is 1. The highest BCUT2D eigenvalue weighted by Crippen LogP contribution is 2.33. The lowest BCUT2D eigenvalue weighted by Gasteiger charge is -2.07. The minimum Gasteiger partial charge on any atom is -0.344 e. The maximum Gasteiger partial charge on any atom is 0.125 e. The van der Waals surface area contributed by atoms with Crippen molar-refractivity contribution in [3.05, 3.63) is 36.0 Å². The molecule has 1 aliphatic carbocycles. The fourth-order valence-corrected chi connectivity index (χ4v) is 2.30. The Morgan fingerprint density at radius 2 is 2.12 bits per heavy atom. The molecule has 0 N–H and O–H groups in total. The lowest BCUT2D eigenvalue weighted by atomic mass is 10.2. The van der Waals surface area contributed by atoms with Gasteiger partial charge in [0.1, 0.15) is 6.29 Å². The zero-order valence-corrected chi connectivity index (χ0v) is 9.23. The number of nitrogens with zero attached hydrogens (tertiary/aromatic N) is 1. The summed E-state index contributed by atoms with van der Waals surface area (Å²) in [5, 5.41) is 1.25. The van der Waals surface area contributed by atoms with Gasteiger partial charge in [-0.25, -0.2) is 0 Å². The van der Waals surface area contributed by atoms with Gasteiger partial charge in [-0.2, -0.15) is 0 Å². The van der Waals surface area contributed by atoms with E-state index in [1.807, 2.05) is 0 Å². The van der Waals surface area contributed by atoms with Crippen molar-refractivity contribution in [2.75, 3.05) is 0 Å². The van der Waals surface area contributed by atoms with Gasteiger partial charge in [-0.3, -0.25) is 0 Å². The van der Waals surface area contributed by atoms with Gasteiger partial charge in [0, 0.05) is 24.2 Å². The predicted molar refractivity (Wildman–Crippen MR) is 64.4 cm³/mol. The number of rotatable bonds is 4. The highest BCUT2D eigenvalue weighted by Gasteiger charge is 2.23. The second-order valence-electron chi connectivity index (χ2n) is 4.62. The van der Waals surface area contributed by atoms with Gasteiger partial charge in [0.05, 0.1) is 0 Å². The Morgan fingerprint density at radius 1 is 1.31 bits per heavy atom. The average Bonchev–Trinajstić information content (AvgIpc) is 3.04. The lowest BCUT2D eigenvalue weighted by Crippen LogP contribution is -2.04. The number of hydrogen-bond donors (Lipinski definition) is 0. The van der Waals surface area contributed by atoms with Gasteiger partial charge in [0.25, 0.3) is 0 Å². The van der Waals surface area contributed by atoms with Crippen LogP contribution in [0.25, 0.3) is 10.9 Å². The third-order valence-corrected chi connectivity index (χ3v) is 3.33. The van der Waals surface area contributed by atoms with Gasteiger partial charge < -0.3 is 9.36 Å². The van der Waals surface area contributed by atoms with Crippen LogP contribution < -0.4 is 0 Å². The number of fused-ring (bicyclic) bond motifs is 1. The summed E-state index contributed by atoms with van der Waals surface area (Å²) in [5.41, 5.74) is 2.43. The molecular formula is C14H15NO. The van der Waals surface area contributed by atoms with Crippen LogP contribution >= 0.6 is 0 Å². The highest BCUT2D eigenvalue weighted by molar-refractivity contribution is 5.82. The quantitative estimate of drug-likeness (QED) is 0.716. The second kappa shape index (κ2) is 3.78. The van der Waals surface area contributed by atoms with Crippen LogP contribution in [-0.2, 0) is 17.8 Å². The molecule has 1 aromatic carbocycles. The van der Waals surface area contributed by atoms with E-state index >= 15 is 0 Å². The van der Waals surface area contributed by atoms with Crippen LogP contribution in [0.3, 0.4) is 0 Å². The van der Waals surface area contributed by atoms with Crippen molar-refractivity contribution in [3.63, 3.8) is 0 Å². The molecule has 0 amide bonds. The molecule has 1 saturated carbocycles. The number of para-hydroxylation sites is 1. The summed E-state index contributed by atoms with van der Waals surface area (Å²) in [6.07, 6.45) is 4.21. The third-order valence-electron chi connectivity index (χ3n) is 3.33. The van der Waals surface area contributed by atoms with Crippen LogP contribution in [0.4, 0.5) is 0 Å². The summed E-state index contributed by atoms with van der Waals surface area (Å²) in [4.78, 5) is 10.7. The average molecular weight is 213 g/mol. The summed E-state index contributed by atoms with van der Waals surface area (Å²) >= 11 is 0. The molecule has 1 aliphatic rings. The van der Waals surface area contributed by atoms with E-state index in [4.69, 9.17) is 0 Å². The van der Waals surface area contributed by atoms with Gasteiger partial charge in [0.2, 0.25) is 0 Å². The first-order valence-electron chi connectivity index (χ1n) is 5.89. The normalized spacial score (nSPS) is 15.5. The molecule has 0 unspecified atom stereocenters. The van der Waals surface area contributed by atoms with E-state index in [1.165, 1.54) is 23.7 Å². The van der Waals surface area contributed by atoms with Crippen molar-refractivity contribution in [1.29, 1.82) is 0 Å². The minimum absolute atomic E-state index is 0.529. The first kappa shape index (κ1) is 9.64. The van der Waals surface area contributed by atoms with E-state index in [9.17, 15) is 4.79 Å². The Labute approximate surface area is 94.9 Å². The van der Waals surface area contributed by atoms with Crippen LogP contribution in [0.5, 0.6) is 0 Å². The van der Waals surface area contributed by atoms with Crippen molar-refractivity contribution < 1.29 is 4.79 Å². The third kappa shape index (κ3) is 1.64. The highest BCUT2D eigenvalue weighted by atomic mass is 16.1. The van der Waals surface area contributed by atoms with Gasteiger partial charge in [-0.05, 0) is 36.3 Å². The molecule has 16 heavy (non-hydrogen) atoms. The number of aldehydes is 1. The van der Waals surface area contributed by atoms with Gasteiger partial charge in [-0.15, -0.1) is 0 Å².